The van der Waals surface area contributed by atoms with Crippen LogP contribution in [0.25, 0.3) is 0 Å². The number of nitrogens with zero attached hydrogens (tertiary/aromatic N) is 3. The molecule has 1 fully saturated rings. The van der Waals surface area contributed by atoms with Crippen LogP contribution >= 0.6 is 0 Å². The first-order valence-electron chi connectivity index (χ1n) is 5.96. The summed E-state index contributed by atoms with van der Waals surface area (Å²) in [5, 5.41) is 0. The number of carbonyl (C=O) groups excluding carboxylic acids is 3. The van der Waals surface area contributed by atoms with E-state index in [1.165, 1.54) is 19.2 Å². The quantitative estimate of drug-likeness (QED) is 0.599. The molecule has 106 valence electrons. The van der Waals surface area contributed by atoms with Crippen molar-refractivity contribution in [1.29, 1.82) is 0 Å². The molecule has 1 saturated heterocycles. The Morgan fingerprint density at radius 1 is 1.20 bits per heavy atom. The van der Waals surface area contributed by atoms with Gasteiger partial charge in [-0.2, -0.15) is 0 Å². The molecule has 1 aromatic carbocycles. The Morgan fingerprint density at radius 2 is 1.90 bits per heavy atom. The number of urea groups is 1. The van der Waals surface area contributed by atoms with Crippen molar-refractivity contribution in [3.05, 3.63) is 35.6 Å². The van der Waals surface area contributed by atoms with Crippen LogP contribution in [0.15, 0.2) is 24.3 Å². The molecule has 0 radical (unpaired) electrons. The number of imide groups is 2. The predicted molar refractivity (Wildman–Crippen MR) is 67.7 cm³/mol. The molecule has 0 bridgehead atoms. The fourth-order valence-corrected chi connectivity index (χ4v) is 1.98. The highest BCUT2D eigenvalue weighted by Gasteiger charge is 2.42. The minimum atomic E-state index is -0.844. The highest BCUT2D eigenvalue weighted by Crippen LogP contribution is 2.12. The molecule has 0 atom stereocenters. The van der Waals surface area contributed by atoms with Gasteiger partial charge in [-0.25, -0.2) is 14.1 Å². The summed E-state index contributed by atoms with van der Waals surface area (Å²) in [4.78, 5) is 37.9. The smallest absolute Gasteiger partial charge is 0.284 e. The third-order valence-electron chi connectivity index (χ3n) is 2.97. The lowest BCUT2D eigenvalue weighted by Gasteiger charge is -2.21. The number of benzene rings is 1. The monoisotopic (exact) mass is 279 g/mol. The van der Waals surface area contributed by atoms with Crippen LogP contribution < -0.4 is 0 Å². The van der Waals surface area contributed by atoms with Gasteiger partial charge in [-0.15, -0.1) is 0 Å². The summed E-state index contributed by atoms with van der Waals surface area (Å²) in [5.74, 6) is -2.03. The van der Waals surface area contributed by atoms with E-state index in [0.717, 1.165) is 9.80 Å². The second-order valence-electron chi connectivity index (χ2n) is 4.67. The zero-order valence-electron chi connectivity index (χ0n) is 11.2. The molecule has 1 aliphatic rings. The van der Waals surface area contributed by atoms with E-state index in [1.54, 1.807) is 24.1 Å². The Hall–Kier alpha value is -2.28. The van der Waals surface area contributed by atoms with Crippen molar-refractivity contribution in [3.8, 4) is 0 Å². The fraction of sp³-hybridized carbons (Fsp3) is 0.308. The number of likely N-dealkylation sites (N-methyl/N-ethyl adjacent to an activating group) is 1. The van der Waals surface area contributed by atoms with E-state index < -0.39 is 17.8 Å². The van der Waals surface area contributed by atoms with Crippen LogP contribution in [0, 0.1) is 5.82 Å². The SMILES string of the molecule is CN(Cc1cccc(F)c1)CN1C(=O)C(=O)N(C)C1=O. The molecule has 1 heterocycles. The maximum Gasteiger partial charge on any atom is 0.335 e. The Morgan fingerprint density at radius 3 is 2.45 bits per heavy atom. The van der Waals surface area contributed by atoms with Crippen molar-refractivity contribution in [2.75, 3.05) is 20.8 Å². The average Bonchev–Trinajstić information content (AvgIpc) is 2.57. The number of amides is 4. The molecule has 4 amide bonds. The Kier molecular flexibility index (Phi) is 3.80. The van der Waals surface area contributed by atoms with Crippen molar-refractivity contribution in [3.63, 3.8) is 0 Å². The van der Waals surface area contributed by atoms with Gasteiger partial charge in [0, 0.05) is 13.6 Å². The molecule has 0 saturated carbocycles. The third kappa shape index (κ3) is 2.67. The van der Waals surface area contributed by atoms with Crippen molar-refractivity contribution in [2.24, 2.45) is 0 Å². The van der Waals surface area contributed by atoms with Gasteiger partial charge in [0.05, 0.1) is 6.67 Å². The van der Waals surface area contributed by atoms with Crippen molar-refractivity contribution < 1.29 is 18.8 Å². The van der Waals surface area contributed by atoms with E-state index in [4.69, 9.17) is 0 Å². The van der Waals surface area contributed by atoms with Gasteiger partial charge in [0.25, 0.3) is 0 Å². The molecule has 0 unspecified atom stereocenters. The zero-order chi connectivity index (χ0) is 14.9. The molecule has 1 aliphatic heterocycles. The summed E-state index contributed by atoms with van der Waals surface area (Å²) in [6.45, 7) is 0.330. The van der Waals surface area contributed by atoms with Crippen LogP contribution in [0.2, 0.25) is 0 Å². The topological polar surface area (TPSA) is 60.9 Å². The second-order valence-corrected chi connectivity index (χ2v) is 4.67. The lowest BCUT2D eigenvalue weighted by Crippen LogP contribution is -2.40. The average molecular weight is 279 g/mol. The van der Waals surface area contributed by atoms with E-state index in [1.807, 2.05) is 0 Å². The van der Waals surface area contributed by atoms with Crippen molar-refractivity contribution in [1.82, 2.24) is 14.7 Å². The first kappa shape index (κ1) is 14.1. The molecule has 2 rings (SSSR count). The standard InChI is InChI=1S/C13H14FN3O3/c1-15(7-9-4-3-5-10(14)6-9)8-17-12(19)11(18)16(2)13(17)20/h3-6H,7-8H2,1-2H3. The van der Waals surface area contributed by atoms with E-state index in [2.05, 4.69) is 0 Å². The van der Waals surface area contributed by atoms with Crippen molar-refractivity contribution >= 4 is 17.8 Å². The molecular weight excluding hydrogens is 265 g/mol. The first-order valence-corrected chi connectivity index (χ1v) is 5.96. The van der Waals surface area contributed by atoms with Crippen molar-refractivity contribution in [2.45, 2.75) is 6.54 Å². The van der Waals surface area contributed by atoms with Crippen LogP contribution in [0.4, 0.5) is 9.18 Å². The normalized spacial score (nSPS) is 15.7. The lowest BCUT2D eigenvalue weighted by atomic mass is 10.2. The number of hydrogen-bond donors (Lipinski definition) is 0. The second kappa shape index (κ2) is 5.38. The number of hydrogen-bond acceptors (Lipinski definition) is 4. The molecule has 0 aliphatic carbocycles. The van der Waals surface area contributed by atoms with Gasteiger partial charge in [-0.05, 0) is 24.7 Å². The number of halogens is 1. The summed E-state index contributed by atoms with van der Waals surface area (Å²) in [5.41, 5.74) is 0.714. The molecule has 6 nitrogen and oxygen atoms in total. The summed E-state index contributed by atoms with van der Waals surface area (Å²) in [6.07, 6.45) is 0. The Bertz CT molecular complexity index is 576. The summed E-state index contributed by atoms with van der Waals surface area (Å²) in [6, 6.07) is 5.39. The van der Waals surface area contributed by atoms with E-state index in [-0.39, 0.29) is 12.5 Å². The van der Waals surface area contributed by atoms with Crippen LogP contribution in [0.5, 0.6) is 0 Å². The number of carbonyl (C=O) groups is 3. The van der Waals surface area contributed by atoms with E-state index >= 15 is 0 Å². The Labute approximate surface area is 115 Å². The molecule has 7 heteroatoms. The third-order valence-corrected chi connectivity index (χ3v) is 2.97. The lowest BCUT2D eigenvalue weighted by molar-refractivity contribution is -0.143. The van der Waals surface area contributed by atoms with Crippen LogP contribution in [0.1, 0.15) is 5.56 Å². The van der Waals surface area contributed by atoms with E-state index in [9.17, 15) is 18.8 Å². The minimum absolute atomic E-state index is 0.0236. The molecule has 20 heavy (non-hydrogen) atoms. The number of rotatable bonds is 4. The first-order chi connectivity index (χ1) is 9.40. The Balaban J connectivity index is 2.02. The van der Waals surface area contributed by atoms with Gasteiger partial charge in [0.2, 0.25) is 0 Å². The van der Waals surface area contributed by atoms with Gasteiger partial charge in [-0.1, -0.05) is 12.1 Å². The minimum Gasteiger partial charge on any atom is -0.284 e. The highest BCUT2D eigenvalue weighted by atomic mass is 19.1. The molecular formula is C13H14FN3O3. The maximum atomic E-state index is 13.1. The predicted octanol–water partition coefficient (Wildman–Crippen LogP) is 0.636. The van der Waals surface area contributed by atoms with Crippen LogP contribution in [-0.4, -0.2) is 53.3 Å². The van der Waals surface area contributed by atoms with Gasteiger partial charge in [-0.3, -0.25) is 19.4 Å². The molecule has 1 aromatic rings. The molecule has 0 N–H and O–H groups in total. The van der Waals surface area contributed by atoms with Crippen LogP contribution in [-0.2, 0) is 16.1 Å². The van der Waals surface area contributed by atoms with E-state index in [0.29, 0.717) is 12.1 Å². The summed E-state index contributed by atoms with van der Waals surface area (Å²) in [7, 11) is 2.93. The highest BCUT2D eigenvalue weighted by molar-refractivity contribution is 6.44. The largest absolute Gasteiger partial charge is 0.335 e. The molecule has 0 spiro atoms. The fourth-order valence-electron chi connectivity index (χ4n) is 1.98. The zero-order valence-corrected chi connectivity index (χ0v) is 11.2. The molecule has 0 aromatic heterocycles. The van der Waals surface area contributed by atoms with Gasteiger partial charge in [0.1, 0.15) is 5.82 Å². The summed E-state index contributed by atoms with van der Waals surface area (Å²) >= 11 is 0. The van der Waals surface area contributed by atoms with Gasteiger partial charge in [0.15, 0.2) is 0 Å². The van der Waals surface area contributed by atoms with Gasteiger partial charge >= 0.3 is 17.8 Å². The van der Waals surface area contributed by atoms with Gasteiger partial charge < -0.3 is 0 Å². The summed E-state index contributed by atoms with van der Waals surface area (Å²) < 4.78 is 13.1. The van der Waals surface area contributed by atoms with Crippen LogP contribution in [0.3, 0.4) is 0 Å². The maximum absolute atomic E-state index is 13.1.